The Kier molecular flexibility index (Phi) is 4.53. The molecule has 0 spiro atoms. The van der Waals surface area contributed by atoms with Gasteiger partial charge in [0.05, 0.1) is 0 Å². The first-order valence-corrected chi connectivity index (χ1v) is 4.91. The molecule has 1 aliphatic heterocycles. The second-order valence-electron chi connectivity index (χ2n) is 3.30. The van der Waals surface area contributed by atoms with Crippen LogP contribution in [0.1, 0.15) is 25.7 Å². The number of nitrogens with one attached hydrogen (secondary N) is 1. The van der Waals surface area contributed by atoms with Crippen LogP contribution in [0.5, 0.6) is 0 Å². The maximum absolute atomic E-state index is 11.4. The molecular weight excluding hydrogens is 196 g/mol. The van der Waals surface area contributed by atoms with Crippen molar-refractivity contribution in [2.24, 2.45) is 4.99 Å². The van der Waals surface area contributed by atoms with Crippen LogP contribution in [0.25, 0.3) is 0 Å². The molecule has 0 aromatic heterocycles. The van der Waals surface area contributed by atoms with E-state index in [0.29, 0.717) is 31.4 Å². The predicted octanol–water partition coefficient (Wildman–Crippen LogP) is 0.716. The second-order valence-corrected chi connectivity index (χ2v) is 3.30. The molecule has 0 saturated carbocycles. The summed E-state index contributed by atoms with van der Waals surface area (Å²) in [5, 5.41) is 11.1. The zero-order valence-electron chi connectivity index (χ0n) is 8.40. The van der Waals surface area contributed by atoms with E-state index in [-0.39, 0.29) is 12.3 Å². The van der Waals surface area contributed by atoms with Gasteiger partial charge < -0.3 is 10.4 Å². The van der Waals surface area contributed by atoms with Crippen molar-refractivity contribution in [3.63, 3.8) is 0 Å². The Morgan fingerprint density at radius 2 is 2.27 bits per heavy atom. The van der Waals surface area contributed by atoms with Crippen LogP contribution >= 0.6 is 0 Å². The van der Waals surface area contributed by atoms with Crippen molar-refractivity contribution in [1.82, 2.24) is 5.32 Å². The number of unbranched alkanes of at least 4 members (excludes halogenated alkanes) is 1. The lowest BCUT2D eigenvalue weighted by Gasteiger charge is -2.03. The van der Waals surface area contributed by atoms with Crippen LogP contribution < -0.4 is 5.32 Å². The quantitative estimate of drug-likeness (QED) is 0.634. The highest BCUT2D eigenvalue weighted by Crippen LogP contribution is 2.05. The van der Waals surface area contributed by atoms with Crippen LogP contribution in [0.15, 0.2) is 16.8 Å². The number of hydrogen-bond donors (Lipinski definition) is 2. The molecule has 0 fully saturated rings. The Bertz CT molecular complexity index is 308. The third kappa shape index (κ3) is 4.39. The van der Waals surface area contributed by atoms with Crippen molar-refractivity contribution >= 4 is 18.1 Å². The number of carbonyl (C=O) groups is 2. The molecule has 0 saturated heterocycles. The summed E-state index contributed by atoms with van der Waals surface area (Å²) >= 11 is 0. The van der Waals surface area contributed by atoms with Crippen LogP contribution in [-0.4, -0.2) is 29.7 Å². The SMILES string of the molecule is O=C(O)CCCCNC(=O)C1=CN=CC1. The van der Waals surface area contributed by atoms with E-state index in [1.165, 1.54) is 0 Å². The molecule has 0 unspecified atom stereocenters. The average molecular weight is 210 g/mol. The van der Waals surface area contributed by atoms with Gasteiger partial charge in [-0.2, -0.15) is 0 Å². The van der Waals surface area contributed by atoms with Crippen molar-refractivity contribution < 1.29 is 14.7 Å². The van der Waals surface area contributed by atoms with E-state index in [1.807, 2.05) is 0 Å². The predicted molar refractivity (Wildman–Crippen MR) is 55.7 cm³/mol. The Morgan fingerprint density at radius 3 is 2.87 bits per heavy atom. The highest BCUT2D eigenvalue weighted by Gasteiger charge is 2.09. The van der Waals surface area contributed by atoms with E-state index in [0.717, 1.165) is 0 Å². The first kappa shape index (κ1) is 11.4. The number of aliphatic carboxylic acids is 1. The lowest BCUT2D eigenvalue weighted by Crippen LogP contribution is -2.25. The molecule has 2 N–H and O–H groups in total. The minimum Gasteiger partial charge on any atom is -0.481 e. The molecule has 1 rings (SSSR count). The van der Waals surface area contributed by atoms with Gasteiger partial charge in [0.15, 0.2) is 0 Å². The van der Waals surface area contributed by atoms with Crippen LogP contribution in [0.4, 0.5) is 0 Å². The summed E-state index contributed by atoms with van der Waals surface area (Å²) in [7, 11) is 0. The lowest BCUT2D eigenvalue weighted by molar-refractivity contribution is -0.137. The fraction of sp³-hybridized carbons (Fsp3) is 0.500. The summed E-state index contributed by atoms with van der Waals surface area (Å²) in [5.41, 5.74) is 0.660. The maximum Gasteiger partial charge on any atom is 0.303 e. The number of carboxylic acid groups (broad SMARTS) is 1. The zero-order valence-corrected chi connectivity index (χ0v) is 8.40. The Hall–Kier alpha value is -1.65. The number of amides is 1. The maximum atomic E-state index is 11.4. The number of aliphatic imine (C=N–C) groups is 1. The molecule has 0 atom stereocenters. The molecule has 5 nitrogen and oxygen atoms in total. The molecule has 1 aliphatic rings. The minimum atomic E-state index is -0.798. The summed E-state index contributed by atoms with van der Waals surface area (Å²) in [6, 6.07) is 0. The van der Waals surface area contributed by atoms with Crippen molar-refractivity contribution in [2.45, 2.75) is 25.7 Å². The number of rotatable bonds is 6. The molecule has 0 bridgehead atoms. The Balaban J connectivity index is 2.05. The molecule has 0 aromatic carbocycles. The Labute approximate surface area is 87.9 Å². The molecule has 0 aliphatic carbocycles. The number of hydrogen-bond acceptors (Lipinski definition) is 3. The number of carboxylic acids is 1. The average Bonchev–Trinajstić information content (AvgIpc) is 2.69. The van der Waals surface area contributed by atoms with Crippen LogP contribution in [-0.2, 0) is 9.59 Å². The molecule has 1 heterocycles. The highest BCUT2D eigenvalue weighted by atomic mass is 16.4. The zero-order chi connectivity index (χ0) is 11.1. The van der Waals surface area contributed by atoms with Gasteiger partial charge in [0, 0.05) is 37.4 Å². The monoisotopic (exact) mass is 210 g/mol. The number of carbonyl (C=O) groups excluding carboxylic acids is 1. The molecule has 15 heavy (non-hydrogen) atoms. The number of nitrogens with zero attached hydrogens (tertiary/aromatic N) is 1. The molecule has 82 valence electrons. The van der Waals surface area contributed by atoms with Gasteiger partial charge in [-0.1, -0.05) is 0 Å². The molecular formula is C10H14N2O3. The minimum absolute atomic E-state index is 0.108. The van der Waals surface area contributed by atoms with E-state index in [1.54, 1.807) is 12.4 Å². The van der Waals surface area contributed by atoms with Gasteiger partial charge in [-0.05, 0) is 12.8 Å². The van der Waals surface area contributed by atoms with E-state index < -0.39 is 5.97 Å². The summed E-state index contributed by atoms with van der Waals surface area (Å²) in [5.74, 6) is -0.906. The standard InChI is InChI=1S/C10H14N2O3/c13-9(14)3-1-2-5-12-10(15)8-4-6-11-7-8/h6-7H,1-5H2,(H,12,15)(H,13,14). The summed E-state index contributed by atoms with van der Waals surface area (Å²) < 4.78 is 0. The topological polar surface area (TPSA) is 78.8 Å². The van der Waals surface area contributed by atoms with Crippen molar-refractivity contribution in [2.75, 3.05) is 6.54 Å². The molecule has 0 aromatic rings. The van der Waals surface area contributed by atoms with E-state index in [4.69, 9.17) is 5.11 Å². The third-order valence-electron chi connectivity index (χ3n) is 2.04. The van der Waals surface area contributed by atoms with Gasteiger partial charge >= 0.3 is 5.97 Å². The molecule has 5 heteroatoms. The van der Waals surface area contributed by atoms with Crippen LogP contribution in [0.3, 0.4) is 0 Å². The third-order valence-corrected chi connectivity index (χ3v) is 2.04. The summed E-state index contributed by atoms with van der Waals surface area (Å²) in [6.07, 6.45) is 5.24. The first-order chi connectivity index (χ1) is 7.20. The van der Waals surface area contributed by atoms with E-state index >= 15 is 0 Å². The smallest absolute Gasteiger partial charge is 0.303 e. The van der Waals surface area contributed by atoms with Gasteiger partial charge in [0.1, 0.15) is 0 Å². The van der Waals surface area contributed by atoms with Gasteiger partial charge in [-0.3, -0.25) is 14.6 Å². The van der Waals surface area contributed by atoms with Gasteiger partial charge in [0.25, 0.3) is 0 Å². The largest absolute Gasteiger partial charge is 0.481 e. The summed E-state index contributed by atoms with van der Waals surface area (Å²) in [4.78, 5) is 25.4. The van der Waals surface area contributed by atoms with Crippen molar-refractivity contribution in [1.29, 1.82) is 0 Å². The van der Waals surface area contributed by atoms with Crippen molar-refractivity contribution in [3.8, 4) is 0 Å². The normalized spacial score (nSPS) is 13.7. The van der Waals surface area contributed by atoms with Gasteiger partial charge in [-0.15, -0.1) is 0 Å². The molecule has 1 amide bonds. The van der Waals surface area contributed by atoms with E-state index in [2.05, 4.69) is 10.3 Å². The lowest BCUT2D eigenvalue weighted by atomic mass is 10.2. The van der Waals surface area contributed by atoms with Crippen LogP contribution in [0, 0.1) is 0 Å². The van der Waals surface area contributed by atoms with Gasteiger partial charge in [-0.25, -0.2) is 0 Å². The fourth-order valence-corrected chi connectivity index (χ4v) is 1.21. The highest BCUT2D eigenvalue weighted by molar-refractivity contribution is 5.97. The fourth-order valence-electron chi connectivity index (χ4n) is 1.21. The first-order valence-electron chi connectivity index (χ1n) is 4.91. The van der Waals surface area contributed by atoms with Crippen molar-refractivity contribution in [3.05, 3.63) is 11.8 Å². The van der Waals surface area contributed by atoms with E-state index in [9.17, 15) is 9.59 Å². The Morgan fingerprint density at radius 1 is 1.47 bits per heavy atom. The second kappa shape index (κ2) is 5.95. The summed E-state index contributed by atoms with van der Waals surface area (Å²) in [6.45, 7) is 0.517. The van der Waals surface area contributed by atoms with Gasteiger partial charge in [0.2, 0.25) is 5.91 Å². The van der Waals surface area contributed by atoms with Crippen LogP contribution in [0.2, 0.25) is 0 Å². The molecule has 0 radical (unpaired) electrons.